The van der Waals surface area contributed by atoms with Crippen LogP contribution >= 0.6 is 0 Å². The molecule has 102 valence electrons. The Morgan fingerprint density at radius 1 is 1.11 bits per heavy atom. The van der Waals surface area contributed by atoms with Crippen LogP contribution in [0.5, 0.6) is 0 Å². The molecule has 0 radical (unpaired) electrons. The molecule has 9 nitrogen and oxygen atoms in total. The second-order valence-corrected chi connectivity index (χ2v) is 5.43. The van der Waals surface area contributed by atoms with Crippen molar-refractivity contribution in [2.75, 3.05) is 0 Å². The molecule has 0 bridgehead atoms. The van der Waals surface area contributed by atoms with Crippen LogP contribution in [0.2, 0.25) is 0 Å². The number of nitrogens with one attached hydrogen (secondary N) is 1. The highest BCUT2D eigenvalue weighted by Crippen LogP contribution is 2.20. The van der Waals surface area contributed by atoms with Gasteiger partial charge in [0.2, 0.25) is 0 Å². The minimum Gasteiger partial charge on any atom is -0.344 e. The molecule has 0 aliphatic carbocycles. The van der Waals surface area contributed by atoms with Gasteiger partial charge in [-0.25, -0.2) is 13.1 Å². The van der Waals surface area contributed by atoms with Gasteiger partial charge in [0, 0.05) is 0 Å². The summed E-state index contributed by atoms with van der Waals surface area (Å²) < 4.78 is 55.7. The highest BCUT2D eigenvalue weighted by atomic mass is 32.3. The first-order chi connectivity index (χ1) is 7.61. The molecule has 0 unspecified atom stereocenters. The van der Waals surface area contributed by atoms with E-state index in [1.54, 1.807) is 12.1 Å². The van der Waals surface area contributed by atoms with E-state index < -0.39 is 26.3 Å². The van der Waals surface area contributed by atoms with Crippen molar-refractivity contribution < 1.29 is 30.7 Å². The monoisotopic (exact) mass is 298 g/mol. The number of sulfonamides is 1. The number of carbonyl (C=O) groups is 1. The Balaban J connectivity index is 0.000000421. The Morgan fingerprint density at radius 3 is 2.00 bits per heavy atom. The third-order valence-electron chi connectivity index (χ3n) is 1.65. The maximum absolute atomic E-state index is 11.1. The molecule has 1 amide bonds. The van der Waals surface area contributed by atoms with Gasteiger partial charge in [-0.2, -0.15) is 8.42 Å². The van der Waals surface area contributed by atoms with Crippen molar-refractivity contribution in [3.63, 3.8) is 0 Å². The predicted molar refractivity (Wildman–Crippen MR) is 60.3 cm³/mol. The third kappa shape index (κ3) is 4.38. The molecule has 0 spiro atoms. The van der Waals surface area contributed by atoms with Gasteiger partial charge in [0.1, 0.15) is 4.90 Å². The molecule has 6 N–H and O–H groups in total. The van der Waals surface area contributed by atoms with E-state index in [4.69, 9.17) is 17.5 Å². The molecule has 0 saturated heterocycles. The fraction of sp³-hybridized carbons (Fsp3) is 0. The van der Waals surface area contributed by atoms with Crippen LogP contribution in [0.15, 0.2) is 29.2 Å². The number of hydrogen-bond acceptors (Lipinski definition) is 6. The van der Waals surface area contributed by atoms with Gasteiger partial charge < -0.3 is 6.15 Å². The molecule has 1 aliphatic rings. The number of benzene rings is 1. The zero-order valence-corrected chi connectivity index (χ0v) is 10.4. The number of hydrogen-bond donors (Lipinski definition) is 4. The van der Waals surface area contributed by atoms with E-state index in [0.29, 0.717) is 0 Å². The summed E-state index contributed by atoms with van der Waals surface area (Å²) in [6.45, 7) is 0. The van der Waals surface area contributed by atoms with Crippen LogP contribution in [0, 0.1) is 0 Å². The first kappa shape index (κ1) is 16.5. The largest absolute Gasteiger partial charge is 0.394 e. The Morgan fingerprint density at radius 2 is 1.56 bits per heavy atom. The maximum atomic E-state index is 11.1. The molecular formula is C7H10N2O7S2. The van der Waals surface area contributed by atoms with Crippen LogP contribution in [0.1, 0.15) is 10.4 Å². The van der Waals surface area contributed by atoms with Gasteiger partial charge in [-0.1, -0.05) is 12.1 Å². The van der Waals surface area contributed by atoms with Gasteiger partial charge in [0.05, 0.1) is 5.56 Å². The summed E-state index contributed by atoms with van der Waals surface area (Å²) in [5.74, 6) is -0.550. The van der Waals surface area contributed by atoms with E-state index in [1.165, 1.54) is 12.1 Å². The summed E-state index contributed by atoms with van der Waals surface area (Å²) in [5, 5.41) is 0. The average Bonchev–Trinajstić information content (AvgIpc) is 2.36. The molecule has 0 fully saturated rings. The molecule has 11 heteroatoms. The lowest BCUT2D eigenvalue weighted by molar-refractivity contribution is 0.0985. The second-order valence-electron chi connectivity index (χ2n) is 2.88. The molecule has 0 atom stereocenters. The Bertz CT molecular complexity index is 642. The van der Waals surface area contributed by atoms with Crippen LogP contribution < -0.4 is 10.9 Å². The maximum Gasteiger partial charge on any atom is 0.394 e. The Hall–Kier alpha value is -1.53. The summed E-state index contributed by atoms with van der Waals surface area (Å²) in [6.07, 6.45) is 0. The fourth-order valence-electron chi connectivity index (χ4n) is 1.12. The van der Waals surface area contributed by atoms with Gasteiger partial charge in [-0.15, -0.1) is 0 Å². The van der Waals surface area contributed by atoms with Crippen molar-refractivity contribution in [1.29, 1.82) is 0 Å². The topological polar surface area (TPSA) is 173 Å². The minimum absolute atomic E-state index is 0. The van der Waals surface area contributed by atoms with Gasteiger partial charge >= 0.3 is 10.4 Å². The minimum atomic E-state index is -4.67. The third-order valence-corrected chi connectivity index (χ3v) is 3.04. The first-order valence-electron chi connectivity index (χ1n) is 3.97. The number of rotatable bonds is 0. The average molecular weight is 298 g/mol. The zero-order valence-electron chi connectivity index (χ0n) is 8.77. The van der Waals surface area contributed by atoms with E-state index in [2.05, 4.69) is 0 Å². The number of carbonyl (C=O) groups excluding carboxylic acids is 1. The molecule has 0 saturated carbocycles. The van der Waals surface area contributed by atoms with Gasteiger partial charge in [0.15, 0.2) is 0 Å². The predicted octanol–water partition coefficient (Wildman–Crippen LogP) is -0.372. The van der Waals surface area contributed by atoms with Gasteiger partial charge in [0.25, 0.3) is 15.9 Å². The van der Waals surface area contributed by atoms with Gasteiger partial charge in [-0.05, 0) is 12.1 Å². The van der Waals surface area contributed by atoms with E-state index in [0.717, 1.165) is 0 Å². The highest BCUT2D eigenvalue weighted by Gasteiger charge is 2.31. The lowest BCUT2D eigenvalue weighted by Crippen LogP contribution is -2.20. The summed E-state index contributed by atoms with van der Waals surface area (Å²) in [6, 6.07) is 6.09. The van der Waals surface area contributed by atoms with Crippen molar-refractivity contribution in [2.24, 2.45) is 0 Å². The SMILES string of the molecule is N.O=C1NS(=O)(=O)c2ccccc21.O=S(=O)(O)O. The van der Waals surface area contributed by atoms with Crippen molar-refractivity contribution >= 4 is 26.3 Å². The Kier molecular flexibility index (Phi) is 4.95. The molecular weight excluding hydrogens is 288 g/mol. The van der Waals surface area contributed by atoms with Crippen molar-refractivity contribution in [1.82, 2.24) is 10.9 Å². The van der Waals surface area contributed by atoms with Crippen molar-refractivity contribution in [3.8, 4) is 0 Å². The van der Waals surface area contributed by atoms with Crippen molar-refractivity contribution in [2.45, 2.75) is 4.90 Å². The van der Waals surface area contributed by atoms with Crippen LogP contribution in [0.4, 0.5) is 0 Å². The van der Waals surface area contributed by atoms with Crippen LogP contribution in [0.25, 0.3) is 0 Å². The van der Waals surface area contributed by atoms with E-state index in [-0.39, 0.29) is 16.6 Å². The van der Waals surface area contributed by atoms with Crippen LogP contribution in [0.3, 0.4) is 0 Å². The molecule has 1 aliphatic heterocycles. The number of amides is 1. The molecule has 0 aromatic heterocycles. The molecule has 1 aromatic carbocycles. The van der Waals surface area contributed by atoms with E-state index in [9.17, 15) is 13.2 Å². The first-order valence-corrected chi connectivity index (χ1v) is 6.85. The molecule has 1 aromatic rings. The van der Waals surface area contributed by atoms with E-state index >= 15 is 0 Å². The summed E-state index contributed by atoms with van der Waals surface area (Å²) in [5.41, 5.74) is 0.220. The summed E-state index contributed by atoms with van der Waals surface area (Å²) in [4.78, 5) is 11.1. The summed E-state index contributed by atoms with van der Waals surface area (Å²) >= 11 is 0. The zero-order chi connectivity index (χ0) is 13.3. The summed E-state index contributed by atoms with van der Waals surface area (Å²) in [7, 11) is -8.22. The van der Waals surface area contributed by atoms with Gasteiger partial charge in [-0.3, -0.25) is 13.9 Å². The molecule has 2 rings (SSSR count). The van der Waals surface area contributed by atoms with E-state index in [1.807, 2.05) is 4.72 Å². The fourth-order valence-corrected chi connectivity index (χ4v) is 2.29. The Labute approximate surface area is 103 Å². The lowest BCUT2D eigenvalue weighted by Gasteiger charge is -1.91. The second kappa shape index (κ2) is 5.41. The highest BCUT2D eigenvalue weighted by molar-refractivity contribution is 7.90. The molecule has 18 heavy (non-hydrogen) atoms. The normalized spacial score (nSPS) is 15.6. The standard InChI is InChI=1S/C7H5NO3S.H3N.H2O4S/c9-7-5-3-1-2-4-6(5)12(10,11)8-7;;1-5(2,3)4/h1-4H,(H,8,9);1H3;(H2,1,2,3,4). The quantitative estimate of drug-likeness (QED) is 0.469. The van der Waals surface area contributed by atoms with Crippen LogP contribution in [-0.2, 0) is 20.4 Å². The van der Waals surface area contributed by atoms with Crippen molar-refractivity contribution in [3.05, 3.63) is 29.8 Å². The van der Waals surface area contributed by atoms with Crippen LogP contribution in [-0.4, -0.2) is 31.8 Å². The molecule has 1 heterocycles. The number of fused-ring (bicyclic) bond motifs is 1. The lowest BCUT2D eigenvalue weighted by atomic mass is 10.2. The smallest absolute Gasteiger partial charge is 0.344 e.